The van der Waals surface area contributed by atoms with Crippen molar-refractivity contribution in [2.24, 2.45) is 17.8 Å². The van der Waals surface area contributed by atoms with Gasteiger partial charge in [0, 0.05) is 50.5 Å². The molecule has 0 aromatic heterocycles. The number of carbonyl (C=O) groups excluding carboxylic acids is 1. The number of benzene rings is 1. The number of hydrogen-bond acceptors (Lipinski definition) is 3. The normalized spacial score (nSPS) is 32.9. The molecule has 152 valence electrons. The standard InChI is InChI=1S/C23H34N4O/c28-23(24-13-17-11-12-26(14-17)20-7-2-1-3-8-20)25-22-18-5-4-6-19(22)16-27(15-18)21-9-10-21/h1-3,7-8,17-19,21-22H,4-6,9-16H2,(H2,24,25,28). The number of fused-ring (bicyclic) bond motifs is 2. The molecule has 1 aromatic rings. The number of nitrogens with zero attached hydrogens (tertiary/aromatic N) is 2. The van der Waals surface area contributed by atoms with Gasteiger partial charge < -0.3 is 15.5 Å². The van der Waals surface area contributed by atoms with E-state index in [-0.39, 0.29) is 6.03 Å². The van der Waals surface area contributed by atoms with E-state index in [4.69, 9.17) is 0 Å². The smallest absolute Gasteiger partial charge is 0.315 e. The first-order valence-electron chi connectivity index (χ1n) is 11.3. The van der Waals surface area contributed by atoms with Crippen molar-refractivity contribution in [2.45, 2.75) is 50.6 Å². The van der Waals surface area contributed by atoms with E-state index in [0.29, 0.717) is 23.8 Å². The van der Waals surface area contributed by atoms with Crippen molar-refractivity contribution < 1.29 is 4.79 Å². The molecule has 5 rings (SSSR count). The molecular weight excluding hydrogens is 348 g/mol. The largest absolute Gasteiger partial charge is 0.371 e. The molecule has 2 amide bonds. The van der Waals surface area contributed by atoms with Crippen LogP contribution >= 0.6 is 0 Å². The minimum atomic E-state index is 0.0555. The molecule has 0 spiro atoms. The van der Waals surface area contributed by atoms with Crippen LogP contribution in [-0.4, -0.2) is 55.7 Å². The van der Waals surface area contributed by atoms with E-state index in [0.717, 1.165) is 32.1 Å². The Labute approximate surface area is 168 Å². The second kappa shape index (κ2) is 7.94. The molecule has 2 N–H and O–H groups in total. The van der Waals surface area contributed by atoms with Crippen LogP contribution in [0.1, 0.15) is 38.5 Å². The second-order valence-electron chi connectivity index (χ2n) is 9.45. The van der Waals surface area contributed by atoms with Gasteiger partial charge in [-0.2, -0.15) is 0 Å². The first-order chi connectivity index (χ1) is 13.8. The van der Waals surface area contributed by atoms with Gasteiger partial charge in [-0.05, 0) is 62.0 Å². The van der Waals surface area contributed by atoms with E-state index in [1.54, 1.807) is 0 Å². The van der Waals surface area contributed by atoms with E-state index < -0.39 is 0 Å². The van der Waals surface area contributed by atoms with Crippen LogP contribution in [0.4, 0.5) is 10.5 Å². The van der Waals surface area contributed by atoms with Gasteiger partial charge in [0.2, 0.25) is 0 Å². The van der Waals surface area contributed by atoms with E-state index in [2.05, 4.69) is 50.8 Å². The van der Waals surface area contributed by atoms with Gasteiger partial charge in [0.05, 0.1) is 0 Å². The van der Waals surface area contributed by atoms with Gasteiger partial charge in [0.25, 0.3) is 0 Å². The fourth-order valence-corrected chi connectivity index (χ4v) is 5.76. The Balaban J connectivity index is 1.09. The number of rotatable bonds is 5. The van der Waals surface area contributed by atoms with Gasteiger partial charge in [-0.25, -0.2) is 4.79 Å². The zero-order chi connectivity index (χ0) is 18.9. The highest BCUT2D eigenvalue weighted by atomic mass is 16.2. The lowest BCUT2D eigenvalue weighted by atomic mass is 9.73. The van der Waals surface area contributed by atoms with Gasteiger partial charge in [-0.15, -0.1) is 0 Å². The van der Waals surface area contributed by atoms with Crippen LogP contribution in [0.25, 0.3) is 0 Å². The highest BCUT2D eigenvalue weighted by molar-refractivity contribution is 5.74. The lowest BCUT2D eigenvalue weighted by Gasteiger charge is -2.47. The molecule has 2 saturated carbocycles. The monoisotopic (exact) mass is 382 g/mol. The Bertz CT molecular complexity index is 662. The third kappa shape index (κ3) is 4.00. The number of urea groups is 1. The Hall–Kier alpha value is -1.75. The van der Waals surface area contributed by atoms with E-state index in [9.17, 15) is 4.79 Å². The minimum absolute atomic E-state index is 0.0555. The molecule has 2 aliphatic heterocycles. The topological polar surface area (TPSA) is 47.6 Å². The quantitative estimate of drug-likeness (QED) is 0.823. The summed E-state index contributed by atoms with van der Waals surface area (Å²) in [5.41, 5.74) is 1.30. The number of carbonyl (C=O) groups is 1. The fraction of sp³-hybridized carbons (Fsp3) is 0.696. The molecule has 1 aromatic carbocycles. The van der Waals surface area contributed by atoms with Crippen molar-refractivity contribution in [1.82, 2.24) is 15.5 Å². The van der Waals surface area contributed by atoms with Crippen LogP contribution in [0.15, 0.2) is 30.3 Å². The van der Waals surface area contributed by atoms with E-state index in [1.807, 2.05) is 0 Å². The number of likely N-dealkylation sites (tertiary alicyclic amines) is 1. The Morgan fingerprint density at radius 1 is 0.964 bits per heavy atom. The van der Waals surface area contributed by atoms with Crippen LogP contribution in [0.3, 0.4) is 0 Å². The molecule has 2 heterocycles. The van der Waals surface area contributed by atoms with Crippen LogP contribution in [0.5, 0.6) is 0 Å². The summed E-state index contributed by atoms with van der Waals surface area (Å²) in [6.45, 7) is 5.30. The van der Waals surface area contributed by atoms with Gasteiger partial charge >= 0.3 is 6.03 Å². The summed E-state index contributed by atoms with van der Waals surface area (Å²) in [4.78, 5) is 17.8. The zero-order valence-corrected chi connectivity index (χ0v) is 16.9. The third-order valence-corrected chi connectivity index (χ3v) is 7.42. The summed E-state index contributed by atoms with van der Waals surface area (Å²) < 4.78 is 0. The summed E-state index contributed by atoms with van der Waals surface area (Å²) in [5.74, 6) is 1.85. The van der Waals surface area contributed by atoms with Crippen LogP contribution in [0.2, 0.25) is 0 Å². The lowest BCUT2D eigenvalue weighted by Crippen LogP contribution is -2.60. The summed E-state index contributed by atoms with van der Waals surface area (Å²) >= 11 is 0. The van der Waals surface area contributed by atoms with E-state index in [1.165, 1.54) is 50.9 Å². The fourth-order valence-electron chi connectivity index (χ4n) is 5.76. The van der Waals surface area contributed by atoms with Crippen LogP contribution < -0.4 is 15.5 Å². The average molecular weight is 383 g/mol. The lowest BCUT2D eigenvalue weighted by molar-refractivity contribution is 0.0464. The van der Waals surface area contributed by atoms with Gasteiger partial charge in [-0.3, -0.25) is 4.90 Å². The van der Waals surface area contributed by atoms with Crippen molar-refractivity contribution in [3.63, 3.8) is 0 Å². The molecule has 0 radical (unpaired) electrons. The Kier molecular flexibility index (Phi) is 5.19. The van der Waals surface area contributed by atoms with Crippen LogP contribution in [-0.2, 0) is 0 Å². The molecule has 2 aliphatic carbocycles. The minimum Gasteiger partial charge on any atom is -0.371 e. The molecule has 28 heavy (non-hydrogen) atoms. The molecule has 3 atom stereocenters. The van der Waals surface area contributed by atoms with Gasteiger partial charge in [0.1, 0.15) is 0 Å². The third-order valence-electron chi connectivity index (χ3n) is 7.42. The van der Waals surface area contributed by atoms with Gasteiger partial charge in [0.15, 0.2) is 0 Å². The van der Waals surface area contributed by atoms with E-state index >= 15 is 0 Å². The summed E-state index contributed by atoms with van der Waals surface area (Å²) in [5, 5.41) is 6.57. The zero-order valence-electron chi connectivity index (χ0n) is 16.9. The second-order valence-corrected chi connectivity index (χ2v) is 9.45. The first kappa shape index (κ1) is 18.3. The van der Waals surface area contributed by atoms with Crippen LogP contribution in [0, 0.1) is 17.8 Å². The average Bonchev–Trinajstić information content (AvgIpc) is 3.44. The van der Waals surface area contributed by atoms with Crippen molar-refractivity contribution >= 4 is 11.7 Å². The maximum Gasteiger partial charge on any atom is 0.315 e. The maximum absolute atomic E-state index is 12.6. The molecule has 4 aliphatic rings. The number of anilines is 1. The summed E-state index contributed by atoms with van der Waals surface area (Å²) in [7, 11) is 0. The van der Waals surface area contributed by atoms with Crippen molar-refractivity contribution in [1.29, 1.82) is 0 Å². The predicted molar refractivity (Wildman–Crippen MR) is 113 cm³/mol. The maximum atomic E-state index is 12.6. The predicted octanol–water partition coefficient (Wildman–Crippen LogP) is 3.08. The molecule has 5 heteroatoms. The summed E-state index contributed by atoms with van der Waals surface area (Å²) in [6.07, 6.45) is 7.82. The van der Waals surface area contributed by atoms with Crippen molar-refractivity contribution in [3.8, 4) is 0 Å². The van der Waals surface area contributed by atoms with Crippen molar-refractivity contribution in [2.75, 3.05) is 37.6 Å². The number of amides is 2. The Morgan fingerprint density at radius 2 is 1.71 bits per heavy atom. The highest BCUT2D eigenvalue weighted by Gasteiger charge is 2.43. The first-order valence-corrected chi connectivity index (χ1v) is 11.3. The molecule has 4 fully saturated rings. The van der Waals surface area contributed by atoms with Crippen molar-refractivity contribution in [3.05, 3.63) is 30.3 Å². The molecular formula is C23H34N4O. The Morgan fingerprint density at radius 3 is 2.43 bits per heavy atom. The number of hydrogen-bond donors (Lipinski definition) is 2. The van der Waals surface area contributed by atoms with Gasteiger partial charge in [-0.1, -0.05) is 24.6 Å². The number of nitrogens with one attached hydrogen (secondary N) is 2. The molecule has 3 unspecified atom stereocenters. The molecule has 2 saturated heterocycles. The SMILES string of the molecule is O=C(NCC1CCN(c2ccccc2)C1)NC1C2CCCC1CN(C1CC1)C2. The number of para-hydroxylation sites is 1. The number of piperidine rings is 1. The molecule has 2 bridgehead atoms. The summed E-state index contributed by atoms with van der Waals surface area (Å²) in [6, 6.07) is 11.9. The highest BCUT2D eigenvalue weighted by Crippen LogP contribution is 2.39. The molecule has 5 nitrogen and oxygen atoms in total.